The van der Waals surface area contributed by atoms with E-state index >= 15 is 0 Å². The lowest BCUT2D eigenvalue weighted by atomic mass is 10.0. The van der Waals surface area contributed by atoms with Gasteiger partial charge in [-0.05, 0) is 25.1 Å². The van der Waals surface area contributed by atoms with Gasteiger partial charge in [0.25, 0.3) is 0 Å². The minimum Gasteiger partial charge on any atom is -0.383 e. The maximum atomic E-state index is 12.1. The van der Waals surface area contributed by atoms with Crippen molar-refractivity contribution in [1.29, 1.82) is 0 Å². The standard InChI is InChI=1S/C13H12N2O/c1-9-4-2-5-10(8-9)12(16)11-6-3-7-15-13(11)14/h2-8H,1H3,(H2,14,15). The van der Waals surface area contributed by atoms with Crippen LogP contribution in [0.5, 0.6) is 0 Å². The molecule has 0 radical (unpaired) electrons. The minimum absolute atomic E-state index is 0.0886. The van der Waals surface area contributed by atoms with Crippen LogP contribution in [0.2, 0.25) is 0 Å². The molecule has 1 aromatic heterocycles. The number of ketones is 1. The summed E-state index contributed by atoms with van der Waals surface area (Å²) >= 11 is 0. The molecule has 0 saturated heterocycles. The van der Waals surface area contributed by atoms with Crippen LogP contribution in [0.3, 0.4) is 0 Å². The topological polar surface area (TPSA) is 56.0 Å². The van der Waals surface area contributed by atoms with Crippen molar-refractivity contribution in [3.63, 3.8) is 0 Å². The van der Waals surface area contributed by atoms with E-state index in [0.717, 1.165) is 5.56 Å². The van der Waals surface area contributed by atoms with Gasteiger partial charge in [0, 0.05) is 11.8 Å². The molecule has 1 heterocycles. The number of nitrogens with zero attached hydrogens (tertiary/aromatic N) is 1. The van der Waals surface area contributed by atoms with Crippen LogP contribution in [0, 0.1) is 6.92 Å². The van der Waals surface area contributed by atoms with E-state index in [9.17, 15) is 4.79 Å². The number of carbonyl (C=O) groups excluding carboxylic acids is 1. The Morgan fingerprint density at radius 1 is 1.25 bits per heavy atom. The average Bonchev–Trinajstić information content (AvgIpc) is 2.29. The van der Waals surface area contributed by atoms with Crippen LogP contribution in [-0.2, 0) is 0 Å². The molecule has 0 unspecified atom stereocenters. The summed E-state index contributed by atoms with van der Waals surface area (Å²) in [4.78, 5) is 16.0. The van der Waals surface area contributed by atoms with E-state index in [2.05, 4.69) is 4.98 Å². The van der Waals surface area contributed by atoms with Gasteiger partial charge in [-0.3, -0.25) is 4.79 Å². The number of hydrogen-bond donors (Lipinski definition) is 1. The van der Waals surface area contributed by atoms with Crippen molar-refractivity contribution in [2.24, 2.45) is 0 Å². The van der Waals surface area contributed by atoms with E-state index < -0.39 is 0 Å². The van der Waals surface area contributed by atoms with Gasteiger partial charge in [-0.25, -0.2) is 4.98 Å². The molecular weight excluding hydrogens is 200 g/mol. The molecule has 0 bridgehead atoms. The summed E-state index contributed by atoms with van der Waals surface area (Å²) in [6.07, 6.45) is 1.57. The quantitative estimate of drug-likeness (QED) is 0.776. The molecule has 0 aliphatic heterocycles. The van der Waals surface area contributed by atoms with E-state index in [-0.39, 0.29) is 11.6 Å². The molecule has 2 aromatic rings. The molecule has 0 fully saturated rings. The Morgan fingerprint density at radius 3 is 2.75 bits per heavy atom. The summed E-state index contributed by atoms with van der Waals surface area (Å²) in [5, 5.41) is 0. The summed E-state index contributed by atoms with van der Waals surface area (Å²) < 4.78 is 0. The first-order valence-electron chi connectivity index (χ1n) is 5.00. The number of carbonyl (C=O) groups is 1. The number of nitrogens with two attached hydrogens (primary N) is 1. The smallest absolute Gasteiger partial charge is 0.196 e. The predicted molar refractivity (Wildman–Crippen MR) is 63.3 cm³/mol. The fourth-order valence-corrected chi connectivity index (χ4v) is 1.55. The van der Waals surface area contributed by atoms with Crippen molar-refractivity contribution in [3.05, 3.63) is 59.3 Å². The van der Waals surface area contributed by atoms with Gasteiger partial charge in [0.2, 0.25) is 0 Å². The van der Waals surface area contributed by atoms with Gasteiger partial charge in [0.1, 0.15) is 5.82 Å². The Bertz CT molecular complexity index is 535. The molecule has 2 rings (SSSR count). The van der Waals surface area contributed by atoms with Gasteiger partial charge in [-0.15, -0.1) is 0 Å². The van der Waals surface area contributed by atoms with Crippen molar-refractivity contribution < 1.29 is 4.79 Å². The minimum atomic E-state index is -0.0886. The molecule has 0 spiro atoms. The van der Waals surface area contributed by atoms with Gasteiger partial charge in [0.15, 0.2) is 5.78 Å². The van der Waals surface area contributed by atoms with E-state index in [4.69, 9.17) is 5.73 Å². The maximum Gasteiger partial charge on any atom is 0.196 e. The van der Waals surface area contributed by atoms with E-state index in [1.807, 2.05) is 25.1 Å². The molecule has 0 saturated carbocycles. The van der Waals surface area contributed by atoms with Crippen LogP contribution in [0.15, 0.2) is 42.6 Å². The molecule has 3 heteroatoms. The first-order valence-corrected chi connectivity index (χ1v) is 5.00. The lowest BCUT2D eigenvalue weighted by Crippen LogP contribution is -2.06. The van der Waals surface area contributed by atoms with Crippen molar-refractivity contribution >= 4 is 11.6 Å². The summed E-state index contributed by atoms with van der Waals surface area (Å²) in [6, 6.07) is 10.8. The fourth-order valence-electron chi connectivity index (χ4n) is 1.55. The highest BCUT2D eigenvalue weighted by molar-refractivity contribution is 6.11. The number of rotatable bonds is 2. The van der Waals surface area contributed by atoms with Crippen molar-refractivity contribution in [3.8, 4) is 0 Å². The molecule has 1 aromatic carbocycles. The Balaban J connectivity index is 2.44. The lowest BCUT2D eigenvalue weighted by molar-refractivity contribution is 0.103. The predicted octanol–water partition coefficient (Wildman–Crippen LogP) is 2.20. The zero-order chi connectivity index (χ0) is 11.5. The average molecular weight is 212 g/mol. The summed E-state index contributed by atoms with van der Waals surface area (Å²) in [5.41, 5.74) is 7.80. The van der Waals surface area contributed by atoms with Crippen LogP contribution in [0.1, 0.15) is 21.5 Å². The van der Waals surface area contributed by atoms with E-state index in [0.29, 0.717) is 11.1 Å². The summed E-state index contributed by atoms with van der Waals surface area (Å²) in [7, 11) is 0. The second kappa shape index (κ2) is 4.14. The van der Waals surface area contributed by atoms with Crippen LogP contribution in [0.4, 0.5) is 5.82 Å². The van der Waals surface area contributed by atoms with E-state index in [1.54, 1.807) is 24.4 Å². The second-order valence-corrected chi connectivity index (χ2v) is 3.63. The van der Waals surface area contributed by atoms with Crippen molar-refractivity contribution in [2.45, 2.75) is 6.92 Å². The fraction of sp³-hybridized carbons (Fsp3) is 0.0769. The zero-order valence-electron chi connectivity index (χ0n) is 8.97. The van der Waals surface area contributed by atoms with Crippen LogP contribution >= 0.6 is 0 Å². The Labute approximate surface area is 93.9 Å². The number of nitrogen functional groups attached to an aromatic ring is 1. The molecule has 0 atom stereocenters. The molecule has 0 aliphatic rings. The monoisotopic (exact) mass is 212 g/mol. The van der Waals surface area contributed by atoms with Crippen molar-refractivity contribution in [1.82, 2.24) is 4.98 Å². The highest BCUT2D eigenvalue weighted by atomic mass is 16.1. The first kappa shape index (κ1) is 10.4. The number of hydrogen-bond acceptors (Lipinski definition) is 3. The highest BCUT2D eigenvalue weighted by Gasteiger charge is 2.12. The van der Waals surface area contributed by atoms with Crippen LogP contribution < -0.4 is 5.73 Å². The van der Waals surface area contributed by atoms with Gasteiger partial charge in [-0.1, -0.05) is 23.8 Å². The SMILES string of the molecule is Cc1cccc(C(=O)c2cccnc2N)c1. The van der Waals surface area contributed by atoms with Gasteiger partial charge in [-0.2, -0.15) is 0 Å². The third-order valence-electron chi connectivity index (χ3n) is 2.36. The molecule has 80 valence electrons. The maximum absolute atomic E-state index is 12.1. The Hall–Kier alpha value is -2.16. The number of pyridine rings is 1. The summed E-state index contributed by atoms with van der Waals surface area (Å²) in [6.45, 7) is 1.95. The third kappa shape index (κ3) is 1.93. The highest BCUT2D eigenvalue weighted by Crippen LogP contribution is 2.14. The number of aromatic nitrogens is 1. The molecular formula is C13H12N2O. The van der Waals surface area contributed by atoms with Gasteiger partial charge < -0.3 is 5.73 Å². The third-order valence-corrected chi connectivity index (χ3v) is 2.36. The second-order valence-electron chi connectivity index (χ2n) is 3.63. The van der Waals surface area contributed by atoms with Gasteiger partial charge >= 0.3 is 0 Å². The largest absolute Gasteiger partial charge is 0.383 e. The lowest BCUT2D eigenvalue weighted by Gasteiger charge is -2.04. The van der Waals surface area contributed by atoms with E-state index in [1.165, 1.54) is 0 Å². The van der Waals surface area contributed by atoms with Gasteiger partial charge in [0.05, 0.1) is 5.56 Å². The molecule has 0 amide bonds. The summed E-state index contributed by atoms with van der Waals surface area (Å²) in [5.74, 6) is 0.184. The van der Waals surface area contributed by atoms with Crippen molar-refractivity contribution in [2.75, 3.05) is 5.73 Å². The molecule has 16 heavy (non-hydrogen) atoms. The first-order chi connectivity index (χ1) is 7.68. The molecule has 3 nitrogen and oxygen atoms in total. The number of benzene rings is 1. The van der Waals surface area contributed by atoms with Crippen LogP contribution in [0.25, 0.3) is 0 Å². The Morgan fingerprint density at radius 2 is 2.06 bits per heavy atom. The normalized spacial score (nSPS) is 10.1. The molecule has 2 N–H and O–H groups in total. The number of anilines is 1. The Kier molecular flexibility index (Phi) is 2.68. The molecule has 0 aliphatic carbocycles. The van der Waals surface area contributed by atoms with Crippen LogP contribution in [-0.4, -0.2) is 10.8 Å². The number of aryl methyl sites for hydroxylation is 1. The zero-order valence-corrected chi connectivity index (χ0v) is 8.97.